The molecule has 0 saturated carbocycles. The van der Waals surface area contributed by atoms with Gasteiger partial charge in [0.1, 0.15) is 0 Å². The first-order chi connectivity index (χ1) is 10.5. The Morgan fingerprint density at radius 1 is 1.23 bits per heavy atom. The number of hydrogen-bond donors (Lipinski definition) is 3. The van der Waals surface area contributed by atoms with Crippen molar-refractivity contribution in [3.05, 3.63) is 24.3 Å². The summed E-state index contributed by atoms with van der Waals surface area (Å²) in [4.78, 5) is 23.3. The van der Waals surface area contributed by atoms with E-state index in [-0.39, 0.29) is 24.3 Å². The molecule has 0 heterocycles. The van der Waals surface area contributed by atoms with Crippen LogP contribution in [0.25, 0.3) is 0 Å². The Morgan fingerprint density at radius 2 is 1.95 bits per heavy atom. The molecule has 0 aliphatic heterocycles. The Morgan fingerprint density at radius 3 is 2.64 bits per heavy atom. The summed E-state index contributed by atoms with van der Waals surface area (Å²) in [6, 6.07) is 7.30. The zero-order chi connectivity index (χ0) is 16.4. The summed E-state index contributed by atoms with van der Waals surface area (Å²) in [6.45, 7) is 5.09. The molecule has 1 rings (SSSR count). The summed E-state index contributed by atoms with van der Waals surface area (Å²) < 4.78 is 4.91. The summed E-state index contributed by atoms with van der Waals surface area (Å²) in [5.41, 5.74) is 1.50. The first kappa shape index (κ1) is 18.0. The lowest BCUT2D eigenvalue weighted by molar-refractivity contribution is -0.120. The van der Waals surface area contributed by atoms with Crippen LogP contribution >= 0.6 is 0 Å². The number of anilines is 2. The molecule has 0 aliphatic carbocycles. The van der Waals surface area contributed by atoms with E-state index in [0.717, 1.165) is 12.1 Å². The Labute approximate surface area is 131 Å². The standard InChI is InChI=1S/C16H25N3O3/c1-12(2)16(21)19-14-7-4-6-13(10-14)18-11-15(20)17-8-5-9-22-3/h4,6-7,10,12,18H,5,8-9,11H2,1-3H3,(H,17,20)(H,19,21). The molecule has 0 radical (unpaired) electrons. The molecule has 0 aliphatic rings. The molecule has 0 spiro atoms. The third-order valence-electron chi connectivity index (χ3n) is 2.95. The molecule has 0 unspecified atom stereocenters. The minimum Gasteiger partial charge on any atom is -0.385 e. The molecule has 1 aromatic carbocycles. The average molecular weight is 307 g/mol. The van der Waals surface area contributed by atoms with Crippen LogP contribution in [0.1, 0.15) is 20.3 Å². The highest BCUT2D eigenvalue weighted by atomic mass is 16.5. The van der Waals surface area contributed by atoms with E-state index >= 15 is 0 Å². The van der Waals surface area contributed by atoms with E-state index in [1.807, 2.05) is 32.0 Å². The molecule has 0 bridgehead atoms. The lowest BCUT2D eigenvalue weighted by Gasteiger charge is -2.11. The predicted octanol–water partition coefficient (Wildman–Crippen LogP) is 1.85. The van der Waals surface area contributed by atoms with Gasteiger partial charge < -0.3 is 20.7 Å². The summed E-state index contributed by atoms with van der Waals surface area (Å²) in [6.07, 6.45) is 0.791. The van der Waals surface area contributed by atoms with Gasteiger partial charge in [-0.2, -0.15) is 0 Å². The van der Waals surface area contributed by atoms with Crippen molar-refractivity contribution in [1.82, 2.24) is 5.32 Å². The first-order valence-electron chi connectivity index (χ1n) is 7.43. The van der Waals surface area contributed by atoms with Gasteiger partial charge in [-0.15, -0.1) is 0 Å². The Balaban J connectivity index is 2.39. The molecule has 6 heteroatoms. The van der Waals surface area contributed by atoms with Crippen molar-refractivity contribution in [3.8, 4) is 0 Å². The molecule has 0 atom stereocenters. The van der Waals surface area contributed by atoms with E-state index in [2.05, 4.69) is 16.0 Å². The highest BCUT2D eigenvalue weighted by Crippen LogP contribution is 2.15. The third kappa shape index (κ3) is 7.08. The van der Waals surface area contributed by atoms with Gasteiger partial charge in [-0.25, -0.2) is 0 Å². The summed E-state index contributed by atoms with van der Waals surface area (Å²) in [7, 11) is 1.63. The van der Waals surface area contributed by atoms with Crippen LogP contribution in [0.15, 0.2) is 24.3 Å². The topological polar surface area (TPSA) is 79.5 Å². The van der Waals surface area contributed by atoms with E-state index in [1.165, 1.54) is 0 Å². The first-order valence-corrected chi connectivity index (χ1v) is 7.43. The maximum atomic E-state index is 11.7. The van der Waals surface area contributed by atoms with Crippen LogP contribution < -0.4 is 16.0 Å². The van der Waals surface area contributed by atoms with Crippen molar-refractivity contribution < 1.29 is 14.3 Å². The number of benzene rings is 1. The van der Waals surface area contributed by atoms with Gasteiger partial charge in [0.05, 0.1) is 6.54 Å². The summed E-state index contributed by atoms with van der Waals surface area (Å²) in [5, 5.41) is 8.66. The zero-order valence-corrected chi connectivity index (χ0v) is 13.4. The van der Waals surface area contributed by atoms with Gasteiger partial charge in [0.2, 0.25) is 11.8 Å². The van der Waals surface area contributed by atoms with Crippen molar-refractivity contribution in [2.75, 3.05) is 37.4 Å². The zero-order valence-electron chi connectivity index (χ0n) is 13.4. The Kier molecular flexibility index (Phi) is 7.99. The number of carbonyl (C=O) groups is 2. The molecular weight excluding hydrogens is 282 g/mol. The maximum absolute atomic E-state index is 11.7. The van der Waals surface area contributed by atoms with E-state index in [1.54, 1.807) is 13.2 Å². The van der Waals surface area contributed by atoms with Crippen LogP contribution in [0.5, 0.6) is 0 Å². The minimum absolute atomic E-state index is 0.0342. The predicted molar refractivity (Wildman–Crippen MR) is 87.9 cm³/mol. The number of rotatable bonds is 9. The van der Waals surface area contributed by atoms with Gasteiger partial charge in [0.25, 0.3) is 0 Å². The SMILES string of the molecule is COCCCNC(=O)CNc1cccc(NC(=O)C(C)C)c1. The van der Waals surface area contributed by atoms with Gasteiger partial charge in [-0.1, -0.05) is 19.9 Å². The molecule has 1 aromatic rings. The normalized spacial score (nSPS) is 10.4. The van der Waals surface area contributed by atoms with Crippen LogP contribution in [0.2, 0.25) is 0 Å². The fourth-order valence-electron chi connectivity index (χ4n) is 1.68. The maximum Gasteiger partial charge on any atom is 0.239 e. The van der Waals surface area contributed by atoms with Gasteiger partial charge in [-0.05, 0) is 24.6 Å². The smallest absolute Gasteiger partial charge is 0.239 e. The van der Waals surface area contributed by atoms with Gasteiger partial charge in [0.15, 0.2) is 0 Å². The summed E-state index contributed by atoms with van der Waals surface area (Å²) in [5.74, 6) is -0.185. The number of carbonyl (C=O) groups excluding carboxylic acids is 2. The number of amides is 2. The minimum atomic E-state index is -0.0762. The van der Waals surface area contributed by atoms with Crippen molar-refractivity contribution in [2.24, 2.45) is 5.92 Å². The van der Waals surface area contributed by atoms with E-state index in [4.69, 9.17) is 4.74 Å². The molecule has 0 saturated heterocycles. The molecule has 22 heavy (non-hydrogen) atoms. The van der Waals surface area contributed by atoms with Crippen molar-refractivity contribution in [3.63, 3.8) is 0 Å². The van der Waals surface area contributed by atoms with Crippen molar-refractivity contribution in [2.45, 2.75) is 20.3 Å². The summed E-state index contributed by atoms with van der Waals surface area (Å²) >= 11 is 0. The van der Waals surface area contributed by atoms with E-state index in [9.17, 15) is 9.59 Å². The second kappa shape index (κ2) is 9.78. The largest absolute Gasteiger partial charge is 0.385 e. The molecule has 0 fully saturated rings. The second-order valence-corrected chi connectivity index (χ2v) is 5.27. The molecule has 3 N–H and O–H groups in total. The number of methoxy groups -OCH3 is 1. The lowest BCUT2D eigenvalue weighted by atomic mass is 10.2. The average Bonchev–Trinajstić information content (AvgIpc) is 2.50. The van der Waals surface area contributed by atoms with Crippen molar-refractivity contribution in [1.29, 1.82) is 0 Å². The Hall–Kier alpha value is -2.08. The van der Waals surface area contributed by atoms with Crippen LogP contribution in [-0.2, 0) is 14.3 Å². The highest BCUT2D eigenvalue weighted by Gasteiger charge is 2.07. The van der Waals surface area contributed by atoms with Crippen LogP contribution in [-0.4, -0.2) is 38.6 Å². The molecule has 6 nitrogen and oxygen atoms in total. The monoisotopic (exact) mass is 307 g/mol. The van der Waals surface area contributed by atoms with Gasteiger partial charge in [-0.3, -0.25) is 9.59 Å². The third-order valence-corrected chi connectivity index (χ3v) is 2.95. The van der Waals surface area contributed by atoms with Crippen molar-refractivity contribution >= 4 is 23.2 Å². The second-order valence-electron chi connectivity index (χ2n) is 5.27. The quantitative estimate of drug-likeness (QED) is 0.608. The van der Waals surface area contributed by atoms with Gasteiger partial charge >= 0.3 is 0 Å². The van der Waals surface area contributed by atoms with Crippen LogP contribution in [0.4, 0.5) is 11.4 Å². The number of ether oxygens (including phenoxy) is 1. The fourth-order valence-corrected chi connectivity index (χ4v) is 1.68. The van der Waals surface area contributed by atoms with Crippen LogP contribution in [0, 0.1) is 5.92 Å². The van der Waals surface area contributed by atoms with Gasteiger partial charge in [0, 0.05) is 37.6 Å². The molecule has 122 valence electrons. The highest BCUT2D eigenvalue weighted by molar-refractivity contribution is 5.92. The molecule has 0 aromatic heterocycles. The lowest BCUT2D eigenvalue weighted by Crippen LogP contribution is -2.31. The molecular formula is C16H25N3O3. The fraction of sp³-hybridized carbons (Fsp3) is 0.500. The number of nitrogens with one attached hydrogen (secondary N) is 3. The van der Waals surface area contributed by atoms with E-state index < -0.39 is 0 Å². The Bertz CT molecular complexity index is 489. The van der Waals surface area contributed by atoms with Crippen LogP contribution in [0.3, 0.4) is 0 Å². The van der Waals surface area contributed by atoms with E-state index in [0.29, 0.717) is 18.8 Å². The number of hydrogen-bond acceptors (Lipinski definition) is 4. The molecule has 2 amide bonds.